The van der Waals surface area contributed by atoms with Gasteiger partial charge in [0, 0.05) is 12.2 Å². The molecule has 1 N–H and O–H groups in total. The predicted octanol–water partition coefficient (Wildman–Crippen LogP) is 4.35. The molecule has 0 aliphatic rings. The quantitative estimate of drug-likeness (QED) is 0.836. The first-order valence-electron chi connectivity index (χ1n) is 7.37. The fourth-order valence-corrected chi connectivity index (χ4v) is 2.52. The van der Waals surface area contributed by atoms with Crippen LogP contribution in [0.1, 0.15) is 29.9 Å². The van der Waals surface area contributed by atoms with E-state index in [4.69, 9.17) is 11.6 Å². The Morgan fingerprint density at radius 3 is 2.50 bits per heavy atom. The Morgan fingerprint density at radius 2 is 1.96 bits per heavy atom. The SMILES string of the molecule is Cc1nn(CC(C)C)c(Cl)c1C(=O)Nc1ccc(OC(F)F)cc1. The molecule has 0 spiro atoms. The predicted molar refractivity (Wildman–Crippen MR) is 87.8 cm³/mol. The maximum atomic E-state index is 12.4. The van der Waals surface area contributed by atoms with Gasteiger partial charge in [-0.1, -0.05) is 25.4 Å². The topological polar surface area (TPSA) is 56.2 Å². The number of alkyl halides is 2. The molecular formula is C16H18ClF2N3O2. The summed E-state index contributed by atoms with van der Waals surface area (Å²) < 4.78 is 30.1. The number of nitrogens with one attached hydrogen (secondary N) is 1. The Balaban J connectivity index is 2.14. The minimum absolute atomic E-state index is 0.0157. The molecule has 0 unspecified atom stereocenters. The number of halogens is 3. The molecule has 0 atom stereocenters. The van der Waals surface area contributed by atoms with Crippen LogP contribution in [0.25, 0.3) is 0 Å². The molecule has 2 aromatic rings. The number of ether oxygens (including phenoxy) is 1. The highest BCUT2D eigenvalue weighted by Gasteiger charge is 2.20. The Hall–Kier alpha value is -2.15. The molecule has 5 nitrogen and oxygen atoms in total. The van der Waals surface area contributed by atoms with E-state index in [1.807, 2.05) is 13.8 Å². The number of amides is 1. The third-order valence-electron chi connectivity index (χ3n) is 3.17. The number of aryl methyl sites for hydroxylation is 1. The van der Waals surface area contributed by atoms with Crippen LogP contribution in [0.15, 0.2) is 24.3 Å². The monoisotopic (exact) mass is 357 g/mol. The first-order chi connectivity index (χ1) is 11.3. The zero-order chi connectivity index (χ0) is 17.9. The van der Waals surface area contributed by atoms with Crippen LogP contribution in [0.3, 0.4) is 0 Å². The van der Waals surface area contributed by atoms with Gasteiger partial charge in [-0.05, 0) is 37.1 Å². The minimum atomic E-state index is -2.89. The lowest BCUT2D eigenvalue weighted by Gasteiger charge is -2.08. The Kier molecular flexibility index (Phi) is 5.77. The molecule has 0 saturated heterocycles. The number of anilines is 1. The summed E-state index contributed by atoms with van der Waals surface area (Å²) in [5, 5.41) is 7.22. The smallest absolute Gasteiger partial charge is 0.387 e. The third kappa shape index (κ3) is 4.44. The average Bonchev–Trinajstić information content (AvgIpc) is 2.74. The van der Waals surface area contributed by atoms with Crippen molar-refractivity contribution in [2.75, 3.05) is 5.32 Å². The third-order valence-corrected chi connectivity index (χ3v) is 3.55. The number of hydrogen-bond donors (Lipinski definition) is 1. The fraction of sp³-hybridized carbons (Fsp3) is 0.375. The summed E-state index contributed by atoms with van der Waals surface area (Å²) in [7, 11) is 0. The van der Waals surface area contributed by atoms with Crippen LogP contribution in [0, 0.1) is 12.8 Å². The van der Waals surface area contributed by atoms with E-state index in [0.717, 1.165) is 0 Å². The molecule has 0 aliphatic heterocycles. The maximum absolute atomic E-state index is 12.4. The number of hydrogen-bond acceptors (Lipinski definition) is 3. The molecule has 2 rings (SSSR count). The highest BCUT2D eigenvalue weighted by molar-refractivity contribution is 6.33. The maximum Gasteiger partial charge on any atom is 0.387 e. The zero-order valence-corrected chi connectivity index (χ0v) is 14.3. The standard InChI is InChI=1S/C16H18ClF2N3O2/c1-9(2)8-22-14(17)13(10(3)21-22)15(23)20-11-4-6-12(7-5-11)24-16(18)19/h4-7,9,16H,8H2,1-3H3,(H,20,23). The lowest BCUT2D eigenvalue weighted by molar-refractivity contribution is -0.0498. The van der Waals surface area contributed by atoms with Crippen molar-refractivity contribution in [1.82, 2.24) is 9.78 Å². The summed E-state index contributed by atoms with van der Waals surface area (Å²) in [6, 6.07) is 5.63. The normalized spacial score (nSPS) is 11.2. The van der Waals surface area contributed by atoms with E-state index in [1.165, 1.54) is 24.3 Å². The second-order valence-electron chi connectivity index (χ2n) is 5.68. The van der Waals surface area contributed by atoms with Crippen molar-refractivity contribution in [3.63, 3.8) is 0 Å². The number of benzene rings is 1. The molecule has 1 amide bonds. The van der Waals surface area contributed by atoms with Gasteiger partial charge in [-0.3, -0.25) is 9.48 Å². The zero-order valence-electron chi connectivity index (χ0n) is 13.5. The first kappa shape index (κ1) is 18.2. The van der Waals surface area contributed by atoms with Crippen LogP contribution in [-0.2, 0) is 6.54 Å². The molecule has 0 radical (unpaired) electrons. The molecule has 8 heteroatoms. The van der Waals surface area contributed by atoms with E-state index in [0.29, 0.717) is 29.4 Å². The van der Waals surface area contributed by atoms with Crippen LogP contribution >= 0.6 is 11.6 Å². The molecule has 0 fully saturated rings. The Labute approximate surface area is 143 Å². The average molecular weight is 358 g/mol. The number of carbonyl (C=O) groups excluding carboxylic acids is 1. The number of carbonyl (C=O) groups is 1. The van der Waals surface area contributed by atoms with Gasteiger partial charge in [0.05, 0.1) is 11.3 Å². The summed E-state index contributed by atoms with van der Waals surface area (Å²) >= 11 is 6.25. The van der Waals surface area contributed by atoms with Crippen LogP contribution < -0.4 is 10.1 Å². The molecule has 1 aromatic heterocycles. The van der Waals surface area contributed by atoms with E-state index in [-0.39, 0.29) is 10.9 Å². The van der Waals surface area contributed by atoms with Crippen molar-refractivity contribution in [3.8, 4) is 5.75 Å². The highest BCUT2D eigenvalue weighted by Crippen LogP contribution is 2.23. The van der Waals surface area contributed by atoms with Crippen LogP contribution in [0.2, 0.25) is 5.15 Å². The highest BCUT2D eigenvalue weighted by atomic mass is 35.5. The Morgan fingerprint density at radius 1 is 1.33 bits per heavy atom. The first-order valence-corrected chi connectivity index (χ1v) is 7.75. The van der Waals surface area contributed by atoms with Crippen molar-refractivity contribution >= 4 is 23.2 Å². The minimum Gasteiger partial charge on any atom is -0.435 e. The van der Waals surface area contributed by atoms with E-state index in [9.17, 15) is 13.6 Å². The van der Waals surface area contributed by atoms with E-state index in [1.54, 1.807) is 11.6 Å². The van der Waals surface area contributed by atoms with Gasteiger partial charge in [0.15, 0.2) is 0 Å². The second-order valence-corrected chi connectivity index (χ2v) is 6.04. The number of aromatic nitrogens is 2. The van der Waals surface area contributed by atoms with Crippen molar-refractivity contribution in [3.05, 3.63) is 40.7 Å². The van der Waals surface area contributed by atoms with Gasteiger partial charge in [-0.25, -0.2) is 0 Å². The Bertz CT molecular complexity index is 715. The summed E-state index contributed by atoms with van der Waals surface area (Å²) in [5.74, 6) is -0.0583. The molecule has 0 saturated carbocycles. The lowest BCUT2D eigenvalue weighted by Crippen LogP contribution is -2.13. The summed E-state index contributed by atoms with van der Waals surface area (Å²) in [4.78, 5) is 12.4. The van der Waals surface area contributed by atoms with Crippen molar-refractivity contribution in [2.24, 2.45) is 5.92 Å². The molecule has 24 heavy (non-hydrogen) atoms. The molecular weight excluding hydrogens is 340 g/mol. The summed E-state index contributed by atoms with van der Waals surface area (Å²) in [5.41, 5.74) is 1.26. The van der Waals surface area contributed by atoms with E-state index >= 15 is 0 Å². The second kappa shape index (κ2) is 7.61. The van der Waals surface area contributed by atoms with Gasteiger partial charge < -0.3 is 10.1 Å². The van der Waals surface area contributed by atoms with Gasteiger partial charge in [-0.15, -0.1) is 0 Å². The summed E-state index contributed by atoms with van der Waals surface area (Å²) in [6.07, 6.45) is 0. The van der Waals surface area contributed by atoms with E-state index < -0.39 is 12.5 Å². The molecule has 0 aliphatic carbocycles. The molecule has 0 bridgehead atoms. The molecule has 1 aromatic carbocycles. The fourth-order valence-electron chi connectivity index (χ4n) is 2.19. The summed E-state index contributed by atoms with van der Waals surface area (Å²) in [6.45, 7) is 3.47. The van der Waals surface area contributed by atoms with Crippen LogP contribution in [-0.4, -0.2) is 22.3 Å². The van der Waals surface area contributed by atoms with Crippen LogP contribution in [0.5, 0.6) is 5.75 Å². The van der Waals surface area contributed by atoms with Gasteiger partial charge in [0.1, 0.15) is 10.9 Å². The number of nitrogens with zero attached hydrogens (tertiary/aromatic N) is 2. The van der Waals surface area contributed by atoms with Crippen molar-refractivity contribution in [1.29, 1.82) is 0 Å². The van der Waals surface area contributed by atoms with Crippen LogP contribution in [0.4, 0.5) is 14.5 Å². The van der Waals surface area contributed by atoms with Gasteiger partial charge in [0.25, 0.3) is 5.91 Å². The lowest BCUT2D eigenvalue weighted by atomic mass is 10.2. The van der Waals surface area contributed by atoms with Crippen molar-refractivity contribution in [2.45, 2.75) is 33.9 Å². The molecule has 1 heterocycles. The molecule has 130 valence electrons. The van der Waals surface area contributed by atoms with Crippen molar-refractivity contribution < 1.29 is 18.3 Å². The largest absolute Gasteiger partial charge is 0.435 e. The van der Waals surface area contributed by atoms with Gasteiger partial charge in [-0.2, -0.15) is 13.9 Å². The number of rotatable bonds is 6. The van der Waals surface area contributed by atoms with Gasteiger partial charge in [0.2, 0.25) is 0 Å². The van der Waals surface area contributed by atoms with E-state index in [2.05, 4.69) is 15.2 Å². The van der Waals surface area contributed by atoms with Gasteiger partial charge >= 0.3 is 6.61 Å².